The van der Waals surface area contributed by atoms with E-state index < -0.39 is 29.7 Å². The lowest BCUT2D eigenvalue weighted by molar-refractivity contribution is -0.0477. The number of benzene rings is 1. The summed E-state index contributed by atoms with van der Waals surface area (Å²) in [7, 11) is 1.70. The van der Waals surface area contributed by atoms with E-state index in [1.54, 1.807) is 11.7 Å². The number of nitrogens with zero attached hydrogens (tertiary/aromatic N) is 3. The van der Waals surface area contributed by atoms with E-state index in [4.69, 9.17) is 10.5 Å². The summed E-state index contributed by atoms with van der Waals surface area (Å²) < 4.78 is 35.4. The van der Waals surface area contributed by atoms with E-state index >= 15 is 0 Å². The molecule has 0 spiro atoms. The standard InChI is InChI=1S/C19H19F2N5O3S/c1-26-16(13-7-9(27)5-6-29-13)12(8-23-26)24-18(28)15-17(22)30-19(25-15)14-10(20)3-2-4-11(14)21/h2-4,8-9,13,27H,5-7,22H2,1H3,(H,24,28). The molecule has 1 aromatic carbocycles. The largest absolute Gasteiger partial charge is 0.393 e. The Morgan fingerprint density at radius 3 is 2.83 bits per heavy atom. The quantitative estimate of drug-likeness (QED) is 0.581. The van der Waals surface area contributed by atoms with Crippen molar-refractivity contribution in [3.63, 3.8) is 0 Å². The van der Waals surface area contributed by atoms with Gasteiger partial charge in [-0.2, -0.15) is 5.10 Å². The molecule has 1 aliphatic heterocycles. The van der Waals surface area contributed by atoms with Gasteiger partial charge in [0.15, 0.2) is 5.69 Å². The van der Waals surface area contributed by atoms with E-state index in [0.29, 0.717) is 30.8 Å². The van der Waals surface area contributed by atoms with E-state index in [0.717, 1.165) is 23.5 Å². The van der Waals surface area contributed by atoms with Crippen LogP contribution in [0.15, 0.2) is 24.4 Å². The molecule has 2 aromatic heterocycles. The first-order valence-electron chi connectivity index (χ1n) is 9.18. The number of rotatable bonds is 4. The van der Waals surface area contributed by atoms with E-state index in [9.17, 15) is 18.7 Å². The van der Waals surface area contributed by atoms with Gasteiger partial charge in [0.2, 0.25) is 0 Å². The molecule has 4 N–H and O–H groups in total. The van der Waals surface area contributed by atoms with Gasteiger partial charge in [-0.1, -0.05) is 17.4 Å². The van der Waals surface area contributed by atoms with Gasteiger partial charge in [0.1, 0.15) is 27.7 Å². The van der Waals surface area contributed by atoms with Gasteiger partial charge >= 0.3 is 0 Å². The van der Waals surface area contributed by atoms with Crippen molar-refractivity contribution in [2.24, 2.45) is 7.05 Å². The number of amides is 1. The molecule has 0 aliphatic carbocycles. The van der Waals surface area contributed by atoms with Crippen LogP contribution in [0.25, 0.3) is 10.6 Å². The molecular weight excluding hydrogens is 416 g/mol. The molecule has 1 fully saturated rings. The summed E-state index contributed by atoms with van der Waals surface area (Å²) in [6.07, 6.45) is 1.43. The maximum absolute atomic E-state index is 14.1. The van der Waals surface area contributed by atoms with Gasteiger partial charge in [-0.05, 0) is 18.6 Å². The van der Waals surface area contributed by atoms with Crippen molar-refractivity contribution in [1.29, 1.82) is 0 Å². The number of nitrogens with two attached hydrogens (primary N) is 1. The van der Waals surface area contributed by atoms with Crippen molar-refractivity contribution in [1.82, 2.24) is 14.8 Å². The summed E-state index contributed by atoms with van der Waals surface area (Å²) in [4.78, 5) is 16.9. The summed E-state index contributed by atoms with van der Waals surface area (Å²) >= 11 is 0.820. The summed E-state index contributed by atoms with van der Waals surface area (Å²) in [6.45, 7) is 0.390. The molecular formula is C19H19F2N5O3S. The first-order valence-corrected chi connectivity index (χ1v) is 10.0. The number of aliphatic hydroxyl groups is 1. The number of ether oxygens (including phenoxy) is 1. The highest BCUT2D eigenvalue weighted by molar-refractivity contribution is 7.19. The molecule has 30 heavy (non-hydrogen) atoms. The molecule has 3 heterocycles. The van der Waals surface area contributed by atoms with Crippen molar-refractivity contribution in [2.75, 3.05) is 17.7 Å². The molecule has 158 valence electrons. The minimum Gasteiger partial charge on any atom is -0.393 e. The van der Waals surface area contributed by atoms with Crippen LogP contribution in [0.4, 0.5) is 19.5 Å². The van der Waals surface area contributed by atoms with Crippen LogP contribution in [0.2, 0.25) is 0 Å². The van der Waals surface area contributed by atoms with Crippen LogP contribution >= 0.6 is 11.3 Å². The third kappa shape index (κ3) is 3.78. The lowest BCUT2D eigenvalue weighted by Gasteiger charge is -2.27. The Hall–Kier alpha value is -2.89. The summed E-state index contributed by atoms with van der Waals surface area (Å²) in [5, 5.41) is 16.8. The Labute approximate surface area is 174 Å². The molecule has 0 saturated carbocycles. The lowest BCUT2D eigenvalue weighted by Crippen LogP contribution is -2.26. The topological polar surface area (TPSA) is 115 Å². The fraction of sp³-hybridized carbons (Fsp3) is 0.316. The van der Waals surface area contributed by atoms with Gasteiger partial charge in [0.05, 0.1) is 29.2 Å². The number of hydrogen-bond donors (Lipinski definition) is 3. The Bertz CT molecular complexity index is 1080. The molecule has 8 nitrogen and oxygen atoms in total. The molecule has 1 saturated heterocycles. The van der Waals surface area contributed by atoms with Crippen LogP contribution in [0.5, 0.6) is 0 Å². The summed E-state index contributed by atoms with van der Waals surface area (Å²) in [6, 6.07) is 3.46. The second-order valence-corrected chi connectivity index (χ2v) is 7.92. The highest BCUT2D eigenvalue weighted by atomic mass is 32.1. The maximum Gasteiger partial charge on any atom is 0.277 e. The van der Waals surface area contributed by atoms with Gasteiger partial charge in [-0.15, -0.1) is 0 Å². The molecule has 1 amide bonds. The highest BCUT2D eigenvalue weighted by Crippen LogP contribution is 2.35. The summed E-state index contributed by atoms with van der Waals surface area (Å²) in [5.41, 5.74) is 6.41. The number of aromatic nitrogens is 3. The fourth-order valence-corrected chi connectivity index (χ4v) is 4.26. The highest BCUT2D eigenvalue weighted by Gasteiger charge is 2.29. The zero-order valence-electron chi connectivity index (χ0n) is 15.9. The normalized spacial score (nSPS) is 19.1. The first-order chi connectivity index (χ1) is 14.3. The van der Waals surface area contributed by atoms with Crippen LogP contribution in [0.3, 0.4) is 0 Å². The molecule has 2 unspecified atom stereocenters. The van der Waals surface area contributed by atoms with Gasteiger partial charge in [0, 0.05) is 20.1 Å². The van der Waals surface area contributed by atoms with Gasteiger partial charge in [0.25, 0.3) is 5.91 Å². The number of carbonyl (C=O) groups is 1. The number of aryl methyl sites for hydroxylation is 1. The maximum atomic E-state index is 14.1. The van der Waals surface area contributed by atoms with Crippen molar-refractivity contribution < 1.29 is 23.4 Å². The number of halogens is 2. The van der Waals surface area contributed by atoms with Gasteiger partial charge < -0.3 is 20.9 Å². The van der Waals surface area contributed by atoms with Gasteiger partial charge in [-0.25, -0.2) is 13.8 Å². The molecule has 2 atom stereocenters. The van der Waals surface area contributed by atoms with Crippen molar-refractivity contribution in [2.45, 2.75) is 25.0 Å². The third-order valence-electron chi connectivity index (χ3n) is 4.84. The predicted octanol–water partition coefficient (Wildman–Crippen LogP) is 2.87. The minimum absolute atomic E-state index is 0.0277. The third-order valence-corrected chi connectivity index (χ3v) is 5.74. The lowest BCUT2D eigenvalue weighted by atomic mass is 10.0. The molecule has 4 rings (SSSR count). The zero-order chi connectivity index (χ0) is 21.4. The monoisotopic (exact) mass is 435 g/mol. The van der Waals surface area contributed by atoms with Crippen LogP contribution in [0, 0.1) is 11.6 Å². The fourth-order valence-electron chi connectivity index (χ4n) is 3.38. The van der Waals surface area contributed by atoms with Crippen LogP contribution in [-0.2, 0) is 11.8 Å². The average Bonchev–Trinajstić information content (AvgIpc) is 3.24. The second kappa shape index (κ2) is 8.09. The summed E-state index contributed by atoms with van der Waals surface area (Å²) in [5.74, 6) is -2.23. The van der Waals surface area contributed by atoms with E-state index in [1.165, 1.54) is 12.3 Å². The Kier molecular flexibility index (Phi) is 5.50. The average molecular weight is 435 g/mol. The SMILES string of the molecule is Cn1ncc(NC(=O)c2nc(-c3c(F)cccc3F)sc2N)c1C1CC(O)CCO1. The van der Waals surface area contributed by atoms with Gasteiger partial charge in [-0.3, -0.25) is 9.48 Å². The molecule has 3 aromatic rings. The van der Waals surface area contributed by atoms with E-state index in [1.807, 2.05) is 0 Å². The Morgan fingerprint density at radius 2 is 2.13 bits per heavy atom. The van der Waals surface area contributed by atoms with Crippen molar-refractivity contribution in [3.05, 3.63) is 47.4 Å². The van der Waals surface area contributed by atoms with E-state index in [2.05, 4.69) is 15.4 Å². The zero-order valence-corrected chi connectivity index (χ0v) is 16.7. The first kappa shape index (κ1) is 20.4. The predicted molar refractivity (Wildman–Crippen MR) is 107 cm³/mol. The molecule has 0 radical (unpaired) electrons. The van der Waals surface area contributed by atoms with Crippen LogP contribution in [0.1, 0.15) is 35.1 Å². The minimum atomic E-state index is -0.793. The number of aliphatic hydroxyl groups excluding tert-OH is 1. The number of nitrogens with one attached hydrogen (secondary N) is 1. The number of hydrogen-bond acceptors (Lipinski definition) is 7. The number of anilines is 2. The molecule has 11 heteroatoms. The van der Waals surface area contributed by atoms with E-state index in [-0.39, 0.29) is 21.3 Å². The number of nitrogen functional groups attached to an aromatic ring is 1. The smallest absolute Gasteiger partial charge is 0.277 e. The van der Waals surface area contributed by atoms with Crippen molar-refractivity contribution in [3.8, 4) is 10.6 Å². The number of thiazole rings is 1. The Balaban J connectivity index is 1.61. The van der Waals surface area contributed by atoms with Crippen LogP contribution in [-0.4, -0.2) is 38.5 Å². The van der Waals surface area contributed by atoms with Crippen molar-refractivity contribution >= 4 is 27.9 Å². The second-order valence-electron chi connectivity index (χ2n) is 6.89. The molecule has 0 bridgehead atoms. The Morgan fingerprint density at radius 1 is 1.40 bits per heavy atom. The molecule has 1 aliphatic rings. The number of carbonyl (C=O) groups excluding carboxylic acids is 1. The van der Waals surface area contributed by atoms with Crippen LogP contribution < -0.4 is 11.1 Å².